The maximum Gasteiger partial charge on any atom is 0.218 e. The van der Waals surface area contributed by atoms with Gasteiger partial charge in [0.15, 0.2) is 5.96 Å². The number of aromatic nitrogens is 1. The van der Waals surface area contributed by atoms with E-state index in [0.29, 0.717) is 18.7 Å². The first-order chi connectivity index (χ1) is 14.3. The zero-order valence-electron chi connectivity index (χ0n) is 17.6. The van der Waals surface area contributed by atoms with Crippen LogP contribution in [0.2, 0.25) is 0 Å². The second-order valence-electron chi connectivity index (χ2n) is 7.83. The summed E-state index contributed by atoms with van der Waals surface area (Å²) in [5, 5.41) is 7.00. The number of para-hydroxylation sites is 1. The van der Waals surface area contributed by atoms with Gasteiger partial charge < -0.3 is 20.3 Å². The first-order valence-electron chi connectivity index (χ1n) is 10.7. The molecule has 1 aromatic carbocycles. The first-order valence-corrected chi connectivity index (χ1v) is 10.7. The van der Waals surface area contributed by atoms with E-state index in [4.69, 9.17) is 4.74 Å². The Morgan fingerprint density at radius 3 is 2.70 bits per heavy atom. The number of ether oxygens (including phenoxy) is 1. The lowest BCUT2D eigenvalue weighted by Gasteiger charge is -2.21. The normalized spacial score (nSPS) is 19.4. The number of halogens is 1. The van der Waals surface area contributed by atoms with Crippen LogP contribution in [0.15, 0.2) is 53.7 Å². The average molecular weight is 521 g/mol. The molecular weight excluding hydrogens is 489 g/mol. The third kappa shape index (κ3) is 6.00. The summed E-state index contributed by atoms with van der Waals surface area (Å²) in [4.78, 5) is 11.3. The molecule has 2 heterocycles. The highest BCUT2D eigenvalue weighted by molar-refractivity contribution is 14.0. The lowest BCUT2D eigenvalue weighted by atomic mass is 10.2. The quantitative estimate of drug-likeness (QED) is 0.343. The van der Waals surface area contributed by atoms with Crippen LogP contribution in [0.1, 0.15) is 37.7 Å². The second-order valence-corrected chi connectivity index (χ2v) is 7.83. The second kappa shape index (κ2) is 11.4. The number of anilines is 1. The predicted octanol–water partition coefficient (Wildman–Crippen LogP) is 3.96. The van der Waals surface area contributed by atoms with Crippen LogP contribution < -0.4 is 20.3 Å². The molecule has 6 nitrogen and oxygen atoms in total. The SMILES string of the molecule is CN=C(NCc1cccnc1OC1CCCC1)NC1CCN(c2ccccc2)C1.I. The molecule has 2 aromatic rings. The van der Waals surface area contributed by atoms with Gasteiger partial charge >= 0.3 is 0 Å². The Balaban J connectivity index is 0.00000256. The number of hydrogen-bond acceptors (Lipinski definition) is 4. The Labute approximate surface area is 196 Å². The fourth-order valence-corrected chi connectivity index (χ4v) is 4.15. The van der Waals surface area contributed by atoms with E-state index in [0.717, 1.165) is 49.8 Å². The molecule has 2 N–H and O–H groups in total. The molecular formula is C23H32IN5O. The molecule has 1 aliphatic carbocycles. The summed E-state index contributed by atoms with van der Waals surface area (Å²) in [6, 6.07) is 15.0. The smallest absolute Gasteiger partial charge is 0.218 e. The van der Waals surface area contributed by atoms with Crippen molar-refractivity contribution in [3.05, 3.63) is 54.2 Å². The van der Waals surface area contributed by atoms with Crippen LogP contribution in [0.4, 0.5) is 5.69 Å². The number of benzene rings is 1. The van der Waals surface area contributed by atoms with Crippen LogP contribution in [0.3, 0.4) is 0 Å². The number of guanidine groups is 1. The minimum absolute atomic E-state index is 0. The molecule has 1 aromatic heterocycles. The molecule has 1 saturated carbocycles. The Hall–Kier alpha value is -2.03. The van der Waals surface area contributed by atoms with E-state index in [1.807, 2.05) is 13.1 Å². The molecule has 0 spiro atoms. The molecule has 1 unspecified atom stereocenters. The maximum atomic E-state index is 6.15. The highest BCUT2D eigenvalue weighted by atomic mass is 127. The van der Waals surface area contributed by atoms with Crippen molar-refractivity contribution in [1.82, 2.24) is 15.6 Å². The molecule has 162 valence electrons. The lowest BCUT2D eigenvalue weighted by Crippen LogP contribution is -2.44. The van der Waals surface area contributed by atoms with Crippen molar-refractivity contribution in [2.24, 2.45) is 4.99 Å². The molecule has 0 radical (unpaired) electrons. The van der Waals surface area contributed by atoms with E-state index in [-0.39, 0.29) is 24.0 Å². The van der Waals surface area contributed by atoms with Gasteiger partial charge in [0.05, 0.1) is 0 Å². The van der Waals surface area contributed by atoms with E-state index >= 15 is 0 Å². The molecule has 7 heteroatoms. The minimum atomic E-state index is 0. The molecule has 4 rings (SSSR count). The highest BCUT2D eigenvalue weighted by Gasteiger charge is 2.23. The van der Waals surface area contributed by atoms with Gasteiger partial charge in [0.25, 0.3) is 0 Å². The number of pyridine rings is 1. The number of aliphatic imine (C=N–C) groups is 1. The van der Waals surface area contributed by atoms with Crippen LogP contribution in [0.25, 0.3) is 0 Å². The molecule has 2 aliphatic rings. The number of nitrogens with one attached hydrogen (secondary N) is 2. The maximum absolute atomic E-state index is 6.15. The molecule has 30 heavy (non-hydrogen) atoms. The Kier molecular flexibility index (Phi) is 8.60. The van der Waals surface area contributed by atoms with E-state index < -0.39 is 0 Å². The lowest BCUT2D eigenvalue weighted by molar-refractivity contribution is 0.199. The third-order valence-corrected chi connectivity index (χ3v) is 5.75. The van der Waals surface area contributed by atoms with Gasteiger partial charge in [-0.25, -0.2) is 4.98 Å². The van der Waals surface area contributed by atoms with Crippen molar-refractivity contribution in [2.75, 3.05) is 25.0 Å². The highest BCUT2D eigenvalue weighted by Crippen LogP contribution is 2.25. The van der Waals surface area contributed by atoms with Crippen molar-refractivity contribution < 1.29 is 4.74 Å². The zero-order valence-corrected chi connectivity index (χ0v) is 19.9. The summed E-state index contributed by atoms with van der Waals surface area (Å²) in [5.74, 6) is 1.57. The molecule has 1 saturated heterocycles. The van der Waals surface area contributed by atoms with E-state index in [1.54, 1.807) is 6.20 Å². The Bertz CT molecular complexity index is 810. The van der Waals surface area contributed by atoms with Crippen LogP contribution in [0, 0.1) is 0 Å². The summed E-state index contributed by atoms with van der Waals surface area (Å²) >= 11 is 0. The third-order valence-electron chi connectivity index (χ3n) is 5.75. The van der Waals surface area contributed by atoms with Crippen LogP contribution in [-0.4, -0.2) is 43.2 Å². The monoisotopic (exact) mass is 521 g/mol. The van der Waals surface area contributed by atoms with Gasteiger partial charge in [-0.3, -0.25) is 4.99 Å². The Morgan fingerprint density at radius 2 is 1.93 bits per heavy atom. The van der Waals surface area contributed by atoms with Crippen molar-refractivity contribution in [1.29, 1.82) is 0 Å². The summed E-state index contributed by atoms with van der Waals surface area (Å²) in [5.41, 5.74) is 2.35. The summed E-state index contributed by atoms with van der Waals surface area (Å²) in [6.45, 7) is 2.68. The first kappa shape index (κ1) is 22.7. The van der Waals surface area contributed by atoms with Gasteiger partial charge in [-0.2, -0.15) is 0 Å². The predicted molar refractivity (Wildman–Crippen MR) is 133 cm³/mol. The van der Waals surface area contributed by atoms with Crippen molar-refractivity contribution in [2.45, 2.75) is 50.8 Å². The van der Waals surface area contributed by atoms with Gasteiger partial charge in [-0.1, -0.05) is 24.3 Å². The molecule has 2 fully saturated rings. The van der Waals surface area contributed by atoms with E-state index in [9.17, 15) is 0 Å². The molecule has 0 amide bonds. The van der Waals surface area contributed by atoms with Gasteiger partial charge in [0.2, 0.25) is 5.88 Å². The summed E-state index contributed by atoms with van der Waals surface area (Å²) < 4.78 is 6.15. The topological polar surface area (TPSA) is 61.8 Å². The van der Waals surface area contributed by atoms with Gasteiger partial charge in [-0.05, 0) is 50.3 Å². The van der Waals surface area contributed by atoms with E-state index in [1.165, 1.54) is 18.5 Å². The largest absolute Gasteiger partial charge is 0.474 e. The van der Waals surface area contributed by atoms with Crippen molar-refractivity contribution in [3.8, 4) is 5.88 Å². The number of hydrogen-bond donors (Lipinski definition) is 2. The van der Waals surface area contributed by atoms with Gasteiger partial charge in [0, 0.05) is 50.2 Å². The van der Waals surface area contributed by atoms with Gasteiger partial charge in [0.1, 0.15) is 6.10 Å². The fraction of sp³-hybridized carbons (Fsp3) is 0.478. The van der Waals surface area contributed by atoms with Crippen molar-refractivity contribution >= 4 is 35.6 Å². The van der Waals surface area contributed by atoms with Crippen LogP contribution in [-0.2, 0) is 6.54 Å². The van der Waals surface area contributed by atoms with E-state index in [2.05, 4.69) is 61.9 Å². The van der Waals surface area contributed by atoms with Crippen molar-refractivity contribution in [3.63, 3.8) is 0 Å². The van der Waals surface area contributed by atoms with Crippen LogP contribution in [0.5, 0.6) is 5.88 Å². The standard InChI is InChI=1S/C23H31N5O.HI/c1-24-23(27-19-13-15-28(17-19)20-9-3-2-4-10-20)26-16-18-8-7-14-25-22(18)29-21-11-5-6-12-21;/h2-4,7-10,14,19,21H,5-6,11-13,15-17H2,1H3,(H2,24,26,27);1H. The van der Waals surface area contributed by atoms with Gasteiger partial charge in [-0.15, -0.1) is 24.0 Å². The average Bonchev–Trinajstić information content (AvgIpc) is 3.45. The molecule has 1 aliphatic heterocycles. The zero-order chi connectivity index (χ0) is 19.9. The summed E-state index contributed by atoms with van der Waals surface area (Å²) in [6.07, 6.45) is 7.98. The number of rotatable bonds is 6. The molecule has 1 atom stereocenters. The minimum Gasteiger partial charge on any atom is -0.474 e. The fourth-order valence-electron chi connectivity index (χ4n) is 4.15. The van der Waals surface area contributed by atoms with Crippen LogP contribution >= 0.6 is 24.0 Å². The molecule has 0 bridgehead atoms. The Morgan fingerprint density at radius 1 is 1.13 bits per heavy atom. The summed E-state index contributed by atoms with van der Waals surface area (Å²) in [7, 11) is 1.82. The number of nitrogens with zero attached hydrogens (tertiary/aromatic N) is 3.